The number of hydrogen-bond acceptors (Lipinski definition) is 2. The quantitative estimate of drug-likeness (QED) is 0.760. The molecule has 17 heavy (non-hydrogen) atoms. The summed E-state index contributed by atoms with van der Waals surface area (Å²) in [6.07, 6.45) is 1.25. The first-order valence-electron chi connectivity index (χ1n) is 6.43. The molecule has 2 rings (SSSR count). The summed E-state index contributed by atoms with van der Waals surface area (Å²) < 4.78 is 0. The molecule has 1 aromatic rings. The fourth-order valence-corrected chi connectivity index (χ4v) is 2.61. The Bertz CT molecular complexity index is 315. The van der Waals surface area contributed by atoms with E-state index in [1.807, 2.05) is 0 Å². The first kappa shape index (κ1) is 12.9. The molecule has 1 heterocycles. The fraction of sp³-hybridized carbons (Fsp3) is 0.571. The van der Waals surface area contributed by atoms with Crippen LogP contribution in [0.2, 0.25) is 0 Å². The Morgan fingerprint density at radius 2 is 1.65 bits per heavy atom. The zero-order chi connectivity index (χ0) is 11.9. The highest BCUT2D eigenvalue weighted by atomic mass is 35.5. The van der Waals surface area contributed by atoms with Crippen LogP contribution in [0.3, 0.4) is 0 Å². The van der Waals surface area contributed by atoms with Gasteiger partial charge < -0.3 is 4.90 Å². The second kappa shape index (κ2) is 7.00. The Morgan fingerprint density at radius 3 is 2.41 bits per heavy atom. The lowest BCUT2D eigenvalue weighted by molar-refractivity contribution is 0.258. The summed E-state index contributed by atoms with van der Waals surface area (Å²) in [6.45, 7) is 6.81. The van der Waals surface area contributed by atoms with Gasteiger partial charge in [-0.1, -0.05) is 30.3 Å². The molecule has 0 spiro atoms. The van der Waals surface area contributed by atoms with E-state index in [1.54, 1.807) is 0 Å². The fourth-order valence-electron chi connectivity index (χ4n) is 2.37. The molecule has 1 saturated heterocycles. The van der Waals surface area contributed by atoms with Crippen molar-refractivity contribution in [3.63, 3.8) is 0 Å². The lowest BCUT2D eigenvalue weighted by Crippen LogP contribution is -2.31. The molecule has 0 saturated carbocycles. The molecule has 1 aromatic carbocycles. The first-order chi connectivity index (χ1) is 8.38. The van der Waals surface area contributed by atoms with E-state index in [0.29, 0.717) is 0 Å². The van der Waals surface area contributed by atoms with Crippen LogP contribution in [0.4, 0.5) is 0 Å². The van der Waals surface area contributed by atoms with Gasteiger partial charge in [0.05, 0.1) is 0 Å². The summed E-state index contributed by atoms with van der Waals surface area (Å²) in [6, 6.07) is 10.7. The van der Waals surface area contributed by atoms with E-state index in [0.717, 1.165) is 32.1 Å². The van der Waals surface area contributed by atoms with Crippen molar-refractivity contribution in [2.24, 2.45) is 0 Å². The lowest BCUT2D eigenvalue weighted by atomic mass is 10.2. The van der Waals surface area contributed by atoms with E-state index in [1.165, 1.54) is 25.1 Å². The molecule has 1 aliphatic rings. The normalized spacial score (nSPS) is 19.1. The van der Waals surface area contributed by atoms with Crippen molar-refractivity contribution >= 4 is 11.6 Å². The summed E-state index contributed by atoms with van der Waals surface area (Å²) in [7, 11) is 0. The van der Waals surface area contributed by atoms with Gasteiger partial charge in [0.25, 0.3) is 0 Å². The largest absolute Gasteiger partial charge is 0.301 e. The minimum atomic E-state index is 0.749. The highest BCUT2D eigenvalue weighted by Crippen LogP contribution is 2.08. The molecular formula is C14H21ClN2. The topological polar surface area (TPSA) is 6.48 Å². The average molecular weight is 253 g/mol. The number of nitrogens with zero attached hydrogens (tertiary/aromatic N) is 2. The van der Waals surface area contributed by atoms with Crippen LogP contribution in [0.1, 0.15) is 12.0 Å². The highest BCUT2D eigenvalue weighted by Gasteiger charge is 2.14. The van der Waals surface area contributed by atoms with Crippen molar-refractivity contribution in [2.45, 2.75) is 13.0 Å². The molecule has 0 unspecified atom stereocenters. The molecule has 1 aliphatic heterocycles. The van der Waals surface area contributed by atoms with E-state index in [4.69, 9.17) is 11.6 Å². The van der Waals surface area contributed by atoms with Crippen molar-refractivity contribution in [1.29, 1.82) is 0 Å². The minimum absolute atomic E-state index is 0.749. The van der Waals surface area contributed by atoms with E-state index in [9.17, 15) is 0 Å². The van der Waals surface area contributed by atoms with Gasteiger partial charge in [-0.15, -0.1) is 11.6 Å². The molecule has 0 aliphatic carbocycles. The smallest absolute Gasteiger partial charge is 0.0351 e. The average Bonchev–Trinajstić information content (AvgIpc) is 2.57. The SMILES string of the molecule is ClCCN1CCCN(Cc2ccccc2)CC1. The van der Waals surface area contributed by atoms with Crippen molar-refractivity contribution in [3.8, 4) is 0 Å². The standard InChI is InChI=1S/C14H21ClN2/c15-7-10-16-8-4-9-17(12-11-16)13-14-5-2-1-3-6-14/h1-3,5-6H,4,7-13H2. The van der Waals surface area contributed by atoms with Gasteiger partial charge in [-0.25, -0.2) is 0 Å². The monoisotopic (exact) mass is 252 g/mol. The van der Waals surface area contributed by atoms with Crippen LogP contribution in [0.25, 0.3) is 0 Å². The number of alkyl halides is 1. The van der Waals surface area contributed by atoms with Gasteiger partial charge in [0.2, 0.25) is 0 Å². The van der Waals surface area contributed by atoms with Crippen LogP contribution in [-0.4, -0.2) is 48.4 Å². The van der Waals surface area contributed by atoms with Gasteiger partial charge in [-0.05, 0) is 25.1 Å². The molecular weight excluding hydrogens is 232 g/mol. The second-order valence-corrected chi connectivity index (χ2v) is 5.02. The third kappa shape index (κ3) is 4.30. The maximum absolute atomic E-state index is 5.80. The molecule has 0 bridgehead atoms. The third-order valence-electron chi connectivity index (χ3n) is 3.33. The van der Waals surface area contributed by atoms with Gasteiger partial charge in [-0.3, -0.25) is 4.90 Å². The second-order valence-electron chi connectivity index (χ2n) is 4.65. The number of halogens is 1. The van der Waals surface area contributed by atoms with Crippen LogP contribution in [0.15, 0.2) is 30.3 Å². The highest BCUT2D eigenvalue weighted by molar-refractivity contribution is 6.18. The lowest BCUT2D eigenvalue weighted by Gasteiger charge is -2.21. The zero-order valence-electron chi connectivity index (χ0n) is 10.3. The van der Waals surface area contributed by atoms with Gasteiger partial charge in [0.15, 0.2) is 0 Å². The molecule has 0 amide bonds. The zero-order valence-corrected chi connectivity index (χ0v) is 11.1. The molecule has 2 nitrogen and oxygen atoms in total. The van der Waals surface area contributed by atoms with Gasteiger partial charge >= 0.3 is 0 Å². The van der Waals surface area contributed by atoms with Crippen molar-refractivity contribution in [1.82, 2.24) is 9.80 Å². The molecule has 3 heteroatoms. The van der Waals surface area contributed by atoms with Crippen LogP contribution in [0.5, 0.6) is 0 Å². The summed E-state index contributed by atoms with van der Waals surface area (Å²) in [4.78, 5) is 5.02. The van der Waals surface area contributed by atoms with Crippen LogP contribution in [-0.2, 0) is 6.54 Å². The van der Waals surface area contributed by atoms with E-state index in [-0.39, 0.29) is 0 Å². The molecule has 1 fully saturated rings. The predicted molar refractivity (Wildman–Crippen MR) is 73.5 cm³/mol. The molecule has 0 radical (unpaired) electrons. The van der Waals surface area contributed by atoms with Crippen LogP contribution in [0, 0.1) is 0 Å². The Labute approximate surface area is 109 Å². The molecule has 94 valence electrons. The third-order valence-corrected chi connectivity index (χ3v) is 3.50. The summed E-state index contributed by atoms with van der Waals surface area (Å²) >= 11 is 5.80. The Kier molecular flexibility index (Phi) is 5.30. The maximum atomic E-state index is 5.80. The summed E-state index contributed by atoms with van der Waals surface area (Å²) in [5.41, 5.74) is 1.42. The molecule has 0 atom stereocenters. The van der Waals surface area contributed by atoms with Crippen molar-refractivity contribution in [3.05, 3.63) is 35.9 Å². The number of rotatable bonds is 4. The molecule has 0 N–H and O–H groups in total. The Morgan fingerprint density at radius 1 is 0.941 bits per heavy atom. The van der Waals surface area contributed by atoms with E-state index >= 15 is 0 Å². The number of hydrogen-bond donors (Lipinski definition) is 0. The van der Waals surface area contributed by atoms with Crippen LogP contribution < -0.4 is 0 Å². The summed E-state index contributed by atoms with van der Waals surface area (Å²) in [5.74, 6) is 0.749. The number of benzene rings is 1. The van der Waals surface area contributed by atoms with Gasteiger partial charge in [0, 0.05) is 32.1 Å². The van der Waals surface area contributed by atoms with Crippen LogP contribution >= 0.6 is 11.6 Å². The predicted octanol–water partition coefficient (Wildman–Crippen LogP) is 2.43. The molecule has 0 aromatic heterocycles. The van der Waals surface area contributed by atoms with Gasteiger partial charge in [-0.2, -0.15) is 0 Å². The maximum Gasteiger partial charge on any atom is 0.0351 e. The van der Waals surface area contributed by atoms with E-state index < -0.39 is 0 Å². The van der Waals surface area contributed by atoms with Crippen molar-refractivity contribution in [2.75, 3.05) is 38.6 Å². The Balaban J connectivity index is 1.83. The van der Waals surface area contributed by atoms with Gasteiger partial charge in [0.1, 0.15) is 0 Å². The first-order valence-corrected chi connectivity index (χ1v) is 6.96. The van der Waals surface area contributed by atoms with E-state index in [2.05, 4.69) is 40.1 Å². The summed E-state index contributed by atoms with van der Waals surface area (Å²) in [5, 5.41) is 0. The van der Waals surface area contributed by atoms with Crippen molar-refractivity contribution < 1.29 is 0 Å². The minimum Gasteiger partial charge on any atom is -0.301 e. The Hall–Kier alpha value is -0.570.